The molecule has 0 heterocycles. The molecule has 1 unspecified atom stereocenters. The molecule has 0 saturated carbocycles. The normalized spacial score (nSPS) is 16.3. The second kappa shape index (κ2) is 11.6. The maximum atomic E-state index is 13.1. The topological polar surface area (TPSA) is 57.5 Å². The Kier molecular flexibility index (Phi) is 8.90. The molecule has 1 atom stereocenters. The third kappa shape index (κ3) is 5.71. The van der Waals surface area contributed by atoms with E-state index in [1.165, 1.54) is 51.4 Å². The molecule has 2 aliphatic carbocycles. The molecule has 2 aliphatic rings. The fourth-order valence-corrected chi connectivity index (χ4v) is 5.97. The summed E-state index contributed by atoms with van der Waals surface area (Å²) in [7, 11) is -1.32. The van der Waals surface area contributed by atoms with Crippen LogP contribution in [-0.4, -0.2) is 21.9 Å². The molecule has 0 aliphatic heterocycles. The van der Waals surface area contributed by atoms with Gasteiger partial charge in [0.2, 0.25) is 0 Å². The number of ketones is 1. The third-order valence-electron chi connectivity index (χ3n) is 6.06. The first kappa shape index (κ1) is 23.0. The van der Waals surface area contributed by atoms with Crippen LogP contribution in [0.5, 0.6) is 5.75 Å². The maximum absolute atomic E-state index is 13.1. The van der Waals surface area contributed by atoms with Gasteiger partial charge in [0.1, 0.15) is 5.75 Å². The van der Waals surface area contributed by atoms with Crippen molar-refractivity contribution in [3.63, 3.8) is 0 Å². The number of phenolic OH excluding ortho intramolecular Hbond substituents is 1. The number of carbonyl (C=O) groups excluding carboxylic acids is 1. The van der Waals surface area contributed by atoms with Gasteiger partial charge in [-0.15, -0.1) is 0 Å². The molecule has 3 rings (SSSR count). The van der Waals surface area contributed by atoms with E-state index < -0.39 is 8.15 Å². The number of phenols is 1. The number of carbonyl (C=O) groups is 1. The summed E-state index contributed by atoms with van der Waals surface area (Å²) in [5.74, 6) is -0.129. The van der Waals surface area contributed by atoms with E-state index in [0.29, 0.717) is 17.6 Å². The fourth-order valence-electron chi connectivity index (χ4n) is 4.37. The third-order valence-corrected chi connectivity index (χ3v) is 7.83. The van der Waals surface area contributed by atoms with Crippen molar-refractivity contribution in [3.8, 4) is 5.75 Å². The molecule has 0 radical (unpaired) electrons. The number of unbranched alkanes of at least 4 members (excludes halogenated alkanes) is 9. The van der Waals surface area contributed by atoms with Gasteiger partial charge in [-0.2, -0.15) is 0 Å². The largest absolute Gasteiger partial charge is 0.507 e. The van der Waals surface area contributed by atoms with E-state index in [-0.39, 0.29) is 11.5 Å². The van der Waals surface area contributed by atoms with Crippen LogP contribution < -0.4 is 0 Å². The second-order valence-corrected chi connectivity index (χ2v) is 10.2. The molecular weight excluding hydrogens is 391 g/mol. The van der Waals surface area contributed by atoms with Crippen molar-refractivity contribution in [2.24, 2.45) is 0 Å². The van der Waals surface area contributed by atoms with Gasteiger partial charge < -0.3 is 10.00 Å². The standard InChI is InChI=1S/C26H35O3P/c1-2-3-4-5-6-7-8-9-10-11-18-30(29)23-17-13-15-21-19-20-14-12-16-22(27)24(20)26(28)25(21)23/h12-16,19,27,29H,2-11,17-18H2,1H3. The summed E-state index contributed by atoms with van der Waals surface area (Å²) in [5.41, 5.74) is 2.60. The summed E-state index contributed by atoms with van der Waals surface area (Å²) in [6.45, 7) is 2.25. The van der Waals surface area contributed by atoms with Crippen molar-refractivity contribution < 1.29 is 14.8 Å². The monoisotopic (exact) mass is 426 g/mol. The predicted octanol–water partition coefficient (Wildman–Crippen LogP) is 7.50. The van der Waals surface area contributed by atoms with Crippen molar-refractivity contribution in [1.29, 1.82) is 0 Å². The zero-order valence-electron chi connectivity index (χ0n) is 18.2. The van der Waals surface area contributed by atoms with Gasteiger partial charge in [0.25, 0.3) is 0 Å². The average molecular weight is 427 g/mol. The first-order valence-electron chi connectivity index (χ1n) is 11.6. The summed E-state index contributed by atoms with van der Waals surface area (Å²) in [5, 5.41) is 11.1. The number of aromatic hydroxyl groups is 1. The van der Waals surface area contributed by atoms with Gasteiger partial charge in [-0.25, -0.2) is 0 Å². The molecule has 0 fully saturated rings. The maximum Gasteiger partial charge on any atom is 0.198 e. The molecule has 162 valence electrons. The molecule has 1 aromatic carbocycles. The van der Waals surface area contributed by atoms with E-state index in [1.54, 1.807) is 12.1 Å². The number of Topliss-reactive ketones (excluding diaryl/α,β-unsaturated/α-hetero) is 1. The molecule has 3 nitrogen and oxygen atoms in total. The summed E-state index contributed by atoms with van der Waals surface area (Å²) in [6, 6.07) is 5.16. The van der Waals surface area contributed by atoms with Crippen LogP contribution in [0.4, 0.5) is 0 Å². The van der Waals surface area contributed by atoms with Crippen LogP contribution in [0.1, 0.15) is 93.5 Å². The number of fused-ring (bicyclic) bond motifs is 2. The predicted molar refractivity (Wildman–Crippen MR) is 127 cm³/mol. The minimum Gasteiger partial charge on any atom is -0.507 e. The Labute approximate surface area is 182 Å². The lowest BCUT2D eigenvalue weighted by atomic mass is 9.83. The van der Waals surface area contributed by atoms with Crippen molar-refractivity contribution in [2.45, 2.75) is 77.6 Å². The Morgan fingerprint density at radius 1 is 0.967 bits per heavy atom. The minimum absolute atomic E-state index is 0.0196. The fraction of sp³-hybridized carbons (Fsp3) is 0.500. The Hall–Kier alpha value is -1.70. The van der Waals surface area contributed by atoms with E-state index in [2.05, 4.69) is 6.92 Å². The molecule has 0 aromatic heterocycles. The van der Waals surface area contributed by atoms with Crippen molar-refractivity contribution in [1.82, 2.24) is 0 Å². The smallest absolute Gasteiger partial charge is 0.198 e. The lowest BCUT2D eigenvalue weighted by molar-refractivity contribution is 0.103. The van der Waals surface area contributed by atoms with Gasteiger partial charge >= 0.3 is 0 Å². The van der Waals surface area contributed by atoms with E-state index >= 15 is 0 Å². The minimum atomic E-state index is -1.32. The van der Waals surface area contributed by atoms with Crippen molar-refractivity contribution >= 4 is 20.0 Å². The molecular formula is C26H35O3P. The first-order valence-corrected chi connectivity index (χ1v) is 13.1. The van der Waals surface area contributed by atoms with Crippen LogP contribution in [0.25, 0.3) is 6.08 Å². The SMILES string of the molecule is CCCCCCCCCCCCP(O)C1=C2C(=O)c3c(O)cccc3C=C2C=CC1. The summed E-state index contributed by atoms with van der Waals surface area (Å²) in [4.78, 5) is 24.0. The highest BCUT2D eigenvalue weighted by Crippen LogP contribution is 2.50. The summed E-state index contributed by atoms with van der Waals surface area (Å²) < 4.78 is 0. The van der Waals surface area contributed by atoms with Gasteiger partial charge in [-0.05, 0) is 47.6 Å². The van der Waals surface area contributed by atoms with Crippen LogP contribution in [0.2, 0.25) is 0 Å². The summed E-state index contributed by atoms with van der Waals surface area (Å²) in [6.07, 6.45) is 20.1. The van der Waals surface area contributed by atoms with Crippen molar-refractivity contribution in [2.75, 3.05) is 6.16 Å². The van der Waals surface area contributed by atoms with E-state index in [0.717, 1.165) is 35.5 Å². The van der Waals surface area contributed by atoms with E-state index in [9.17, 15) is 14.8 Å². The van der Waals surface area contributed by atoms with Crippen LogP contribution in [0.3, 0.4) is 0 Å². The highest BCUT2D eigenvalue weighted by Gasteiger charge is 2.31. The van der Waals surface area contributed by atoms with E-state index in [1.807, 2.05) is 24.3 Å². The molecule has 0 saturated heterocycles. The van der Waals surface area contributed by atoms with Crippen LogP contribution in [-0.2, 0) is 0 Å². The Balaban J connectivity index is 1.52. The van der Waals surface area contributed by atoms with Gasteiger partial charge in [-0.3, -0.25) is 4.79 Å². The van der Waals surface area contributed by atoms with Crippen LogP contribution in [0, 0.1) is 0 Å². The Bertz CT molecular complexity index is 835. The molecule has 2 N–H and O–H groups in total. The second-order valence-electron chi connectivity index (χ2n) is 8.40. The van der Waals surface area contributed by atoms with Gasteiger partial charge in [0.05, 0.1) is 13.7 Å². The van der Waals surface area contributed by atoms with E-state index in [4.69, 9.17) is 0 Å². The molecule has 1 aromatic rings. The molecule has 30 heavy (non-hydrogen) atoms. The van der Waals surface area contributed by atoms with Crippen LogP contribution >= 0.6 is 8.15 Å². The number of allylic oxidation sites excluding steroid dienone is 5. The first-order chi connectivity index (χ1) is 14.6. The lowest BCUT2D eigenvalue weighted by Gasteiger charge is -2.26. The quantitative estimate of drug-likeness (QED) is 0.269. The zero-order chi connectivity index (χ0) is 21.3. The number of hydrogen-bond acceptors (Lipinski definition) is 3. The number of benzene rings is 1. The Morgan fingerprint density at radius 2 is 1.63 bits per heavy atom. The Morgan fingerprint density at radius 3 is 2.33 bits per heavy atom. The highest BCUT2D eigenvalue weighted by atomic mass is 31.1. The molecule has 0 spiro atoms. The van der Waals surface area contributed by atoms with Gasteiger partial charge in [-0.1, -0.05) is 89.0 Å². The number of rotatable bonds is 12. The van der Waals surface area contributed by atoms with Gasteiger partial charge in [0, 0.05) is 5.57 Å². The lowest BCUT2D eigenvalue weighted by Crippen LogP contribution is -2.16. The molecule has 0 bridgehead atoms. The molecule has 0 amide bonds. The van der Waals surface area contributed by atoms with Gasteiger partial charge in [0.15, 0.2) is 5.78 Å². The number of hydrogen-bond donors (Lipinski definition) is 2. The highest BCUT2D eigenvalue weighted by molar-refractivity contribution is 7.56. The summed E-state index contributed by atoms with van der Waals surface area (Å²) >= 11 is 0. The van der Waals surface area contributed by atoms with Crippen LogP contribution in [0.15, 0.2) is 46.8 Å². The molecule has 4 heteroatoms. The average Bonchev–Trinajstić information content (AvgIpc) is 2.74. The van der Waals surface area contributed by atoms with Crippen molar-refractivity contribution in [3.05, 3.63) is 57.9 Å². The zero-order valence-corrected chi connectivity index (χ0v) is 19.1.